The van der Waals surface area contributed by atoms with Crippen LogP contribution in [0.15, 0.2) is 12.1 Å². The number of aromatic carboxylic acids is 1. The van der Waals surface area contributed by atoms with Gasteiger partial charge in [0.1, 0.15) is 5.82 Å². The van der Waals surface area contributed by atoms with Crippen LogP contribution in [0.2, 0.25) is 0 Å². The molecule has 0 atom stereocenters. The van der Waals surface area contributed by atoms with Crippen molar-refractivity contribution in [3.8, 4) is 0 Å². The van der Waals surface area contributed by atoms with Gasteiger partial charge < -0.3 is 15.2 Å². The molecule has 1 fully saturated rings. The maximum atomic E-state index is 11.1. The number of pyridine rings is 1. The van der Waals surface area contributed by atoms with Crippen LogP contribution >= 0.6 is 0 Å². The molecular formula is C16H24N2O3. The number of hydrogen-bond donors (Lipinski definition) is 2. The number of anilines is 1. The summed E-state index contributed by atoms with van der Waals surface area (Å²) in [5.41, 5.74) is 1.10. The normalized spacial score (nSPS) is 15.3. The third-order valence-electron chi connectivity index (χ3n) is 3.70. The van der Waals surface area contributed by atoms with Crippen molar-refractivity contribution in [2.75, 3.05) is 18.5 Å². The Morgan fingerprint density at radius 3 is 2.86 bits per heavy atom. The molecule has 2 N–H and O–H groups in total. The van der Waals surface area contributed by atoms with Crippen LogP contribution in [0.25, 0.3) is 0 Å². The summed E-state index contributed by atoms with van der Waals surface area (Å²) in [7, 11) is 0. The van der Waals surface area contributed by atoms with Gasteiger partial charge in [-0.15, -0.1) is 0 Å². The number of aryl methyl sites for hydroxylation is 1. The van der Waals surface area contributed by atoms with Crippen LogP contribution in [0.4, 0.5) is 5.82 Å². The zero-order valence-corrected chi connectivity index (χ0v) is 12.6. The quantitative estimate of drug-likeness (QED) is 0.720. The van der Waals surface area contributed by atoms with E-state index in [1.54, 1.807) is 12.1 Å². The molecule has 1 saturated carbocycles. The number of carboxylic acid groups (broad SMARTS) is 1. The summed E-state index contributed by atoms with van der Waals surface area (Å²) in [6.45, 7) is 3.34. The van der Waals surface area contributed by atoms with Crippen molar-refractivity contribution < 1.29 is 14.6 Å². The first-order valence-corrected chi connectivity index (χ1v) is 7.78. The van der Waals surface area contributed by atoms with E-state index in [0.717, 1.165) is 31.4 Å². The lowest BCUT2D eigenvalue weighted by Crippen LogP contribution is -2.16. The highest BCUT2D eigenvalue weighted by Crippen LogP contribution is 2.20. The first-order chi connectivity index (χ1) is 10.2. The predicted octanol–water partition coefficient (Wildman–Crippen LogP) is 3.10. The van der Waals surface area contributed by atoms with Crippen molar-refractivity contribution in [2.24, 2.45) is 0 Å². The molecule has 0 spiro atoms. The Labute approximate surface area is 125 Å². The van der Waals surface area contributed by atoms with Gasteiger partial charge in [0, 0.05) is 12.2 Å². The number of nitrogens with zero attached hydrogens (tertiary/aromatic N) is 1. The van der Waals surface area contributed by atoms with Gasteiger partial charge in [0.2, 0.25) is 0 Å². The molecule has 0 saturated heterocycles. The molecule has 0 radical (unpaired) electrons. The average molecular weight is 292 g/mol. The van der Waals surface area contributed by atoms with Crippen molar-refractivity contribution in [2.45, 2.75) is 51.6 Å². The molecule has 1 aromatic heterocycles. The molecular weight excluding hydrogens is 268 g/mol. The van der Waals surface area contributed by atoms with Crippen LogP contribution < -0.4 is 5.32 Å². The SMILES string of the molecule is CCCc1cc(C(=O)O)cc(NCCOC2CCCC2)n1. The molecule has 2 rings (SSSR count). The fourth-order valence-electron chi connectivity index (χ4n) is 2.65. The standard InChI is InChI=1S/C16H24N2O3/c1-2-5-13-10-12(16(19)20)11-15(18-13)17-8-9-21-14-6-3-4-7-14/h10-11,14H,2-9H2,1H3,(H,17,18)(H,19,20). The molecule has 0 aliphatic heterocycles. The third-order valence-corrected chi connectivity index (χ3v) is 3.70. The van der Waals surface area contributed by atoms with Gasteiger partial charge in [-0.05, 0) is 31.4 Å². The van der Waals surface area contributed by atoms with Gasteiger partial charge in [-0.2, -0.15) is 0 Å². The van der Waals surface area contributed by atoms with Crippen LogP contribution in [0, 0.1) is 0 Å². The molecule has 0 unspecified atom stereocenters. The number of ether oxygens (including phenoxy) is 1. The largest absolute Gasteiger partial charge is 0.478 e. The highest BCUT2D eigenvalue weighted by Gasteiger charge is 2.14. The maximum Gasteiger partial charge on any atom is 0.335 e. The maximum absolute atomic E-state index is 11.1. The van der Waals surface area contributed by atoms with Crippen molar-refractivity contribution in [1.29, 1.82) is 0 Å². The Morgan fingerprint density at radius 2 is 2.19 bits per heavy atom. The first kappa shape index (κ1) is 15.8. The van der Waals surface area contributed by atoms with Gasteiger partial charge in [0.25, 0.3) is 0 Å². The molecule has 5 heteroatoms. The fourth-order valence-corrected chi connectivity index (χ4v) is 2.65. The van der Waals surface area contributed by atoms with Crippen LogP contribution in [-0.2, 0) is 11.2 Å². The zero-order valence-electron chi connectivity index (χ0n) is 12.6. The molecule has 21 heavy (non-hydrogen) atoms. The molecule has 0 bridgehead atoms. The second-order valence-electron chi connectivity index (χ2n) is 5.49. The highest BCUT2D eigenvalue weighted by atomic mass is 16.5. The zero-order chi connectivity index (χ0) is 15.1. The van der Waals surface area contributed by atoms with E-state index in [-0.39, 0.29) is 5.56 Å². The van der Waals surface area contributed by atoms with E-state index in [2.05, 4.69) is 17.2 Å². The topological polar surface area (TPSA) is 71.5 Å². The van der Waals surface area contributed by atoms with Gasteiger partial charge in [-0.1, -0.05) is 26.2 Å². The minimum atomic E-state index is -0.917. The Hall–Kier alpha value is -1.62. The molecule has 1 aromatic rings. The minimum absolute atomic E-state index is 0.285. The third kappa shape index (κ3) is 5.01. The van der Waals surface area contributed by atoms with E-state index in [1.165, 1.54) is 12.8 Å². The number of rotatable bonds is 8. The molecule has 0 aromatic carbocycles. The fraction of sp³-hybridized carbons (Fsp3) is 0.625. The van der Waals surface area contributed by atoms with E-state index >= 15 is 0 Å². The molecule has 0 amide bonds. The van der Waals surface area contributed by atoms with Gasteiger partial charge in [0.15, 0.2) is 0 Å². The summed E-state index contributed by atoms with van der Waals surface area (Å²) >= 11 is 0. The van der Waals surface area contributed by atoms with Gasteiger partial charge >= 0.3 is 5.97 Å². The number of carboxylic acids is 1. The summed E-state index contributed by atoms with van der Waals surface area (Å²) in [6, 6.07) is 3.23. The lowest BCUT2D eigenvalue weighted by atomic mass is 10.1. The van der Waals surface area contributed by atoms with E-state index in [4.69, 9.17) is 9.84 Å². The van der Waals surface area contributed by atoms with E-state index < -0.39 is 5.97 Å². The van der Waals surface area contributed by atoms with Crippen molar-refractivity contribution in [1.82, 2.24) is 4.98 Å². The summed E-state index contributed by atoms with van der Waals surface area (Å²) in [5, 5.41) is 12.3. The van der Waals surface area contributed by atoms with Gasteiger partial charge in [-0.25, -0.2) is 9.78 Å². The smallest absolute Gasteiger partial charge is 0.335 e. The highest BCUT2D eigenvalue weighted by molar-refractivity contribution is 5.88. The lowest BCUT2D eigenvalue weighted by Gasteiger charge is -2.12. The Kier molecular flexibility index (Phi) is 5.99. The second kappa shape index (κ2) is 7.98. The number of nitrogens with one attached hydrogen (secondary N) is 1. The van der Waals surface area contributed by atoms with Crippen molar-refractivity contribution in [3.63, 3.8) is 0 Å². The van der Waals surface area contributed by atoms with Crippen LogP contribution in [0.1, 0.15) is 55.1 Å². The number of carbonyl (C=O) groups is 1. The van der Waals surface area contributed by atoms with Gasteiger partial charge in [0.05, 0.1) is 18.3 Å². The monoisotopic (exact) mass is 292 g/mol. The Morgan fingerprint density at radius 1 is 1.43 bits per heavy atom. The average Bonchev–Trinajstić information content (AvgIpc) is 2.97. The molecule has 5 nitrogen and oxygen atoms in total. The van der Waals surface area contributed by atoms with E-state index in [9.17, 15) is 4.79 Å². The summed E-state index contributed by atoms with van der Waals surface area (Å²) in [5.74, 6) is -0.298. The lowest BCUT2D eigenvalue weighted by molar-refractivity contribution is 0.0658. The van der Waals surface area contributed by atoms with Crippen molar-refractivity contribution in [3.05, 3.63) is 23.4 Å². The molecule has 1 heterocycles. The molecule has 1 aliphatic carbocycles. The van der Waals surface area contributed by atoms with Crippen LogP contribution in [0.5, 0.6) is 0 Å². The minimum Gasteiger partial charge on any atom is -0.478 e. The molecule has 116 valence electrons. The Balaban J connectivity index is 1.86. The molecule has 1 aliphatic rings. The summed E-state index contributed by atoms with van der Waals surface area (Å²) in [6.07, 6.45) is 6.98. The summed E-state index contributed by atoms with van der Waals surface area (Å²) < 4.78 is 5.77. The van der Waals surface area contributed by atoms with Crippen molar-refractivity contribution >= 4 is 11.8 Å². The summed E-state index contributed by atoms with van der Waals surface area (Å²) in [4.78, 5) is 15.6. The van der Waals surface area contributed by atoms with E-state index in [0.29, 0.717) is 25.1 Å². The number of hydrogen-bond acceptors (Lipinski definition) is 4. The predicted molar refractivity (Wildman–Crippen MR) is 81.9 cm³/mol. The van der Waals surface area contributed by atoms with Crippen LogP contribution in [0.3, 0.4) is 0 Å². The second-order valence-corrected chi connectivity index (χ2v) is 5.49. The Bertz CT molecular complexity index is 471. The number of aromatic nitrogens is 1. The van der Waals surface area contributed by atoms with E-state index in [1.807, 2.05) is 0 Å². The van der Waals surface area contributed by atoms with Crippen LogP contribution in [-0.4, -0.2) is 35.3 Å². The first-order valence-electron chi connectivity index (χ1n) is 7.78. The van der Waals surface area contributed by atoms with Gasteiger partial charge in [-0.3, -0.25) is 0 Å².